The maximum Gasteiger partial charge on any atom is 0.253 e. The van der Waals surface area contributed by atoms with Crippen molar-refractivity contribution in [2.24, 2.45) is 0 Å². The summed E-state index contributed by atoms with van der Waals surface area (Å²) >= 11 is 1.75. The van der Waals surface area contributed by atoms with E-state index >= 15 is 0 Å². The van der Waals surface area contributed by atoms with Gasteiger partial charge in [-0.15, -0.1) is 11.3 Å². The quantitative estimate of drug-likeness (QED) is 0.713. The molecule has 0 bridgehead atoms. The molecule has 6 heteroatoms. The second-order valence-corrected chi connectivity index (χ2v) is 7.79. The lowest BCUT2D eigenvalue weighted by atomic mass is 9.85. The van der Waals surface area contributed by atoms with Gasteiger partial charge in [-0.2, -0.15) is 0 Å². The van der Waals surface area contributed by atoms with Crippen LogP contribution in [0, 0.1) is 0 Å². The molecular weight excluding hydrogens is 332 g/mol. The van der Waals surface area contributed by atoms with Gasteiger partial charge in [0.05, 0.1) is 16.8 Å². The highest BCUT2D eigenvalue weighted by molar-refractivity contribution is 7.13. The van der Waals surface area contributed by atoms with Crippen molar-refractivity contribution in [1.29, 1.82) is 0 Å². The molecule has 0 aromatic carbocycles. The van der Waals surface area contributed by atoms with E-state index in [0.29, 0.717) is 5.56 Å². The first kappa shape index (κ1) is 14.8. The molecule has 0 N–H and O–H groups in total. The van der Waals surface area contributed by atoms with Crippen molar-refractivity contribution in [1.82, 2.24) is 19.4 Å². The zero-order valence-corrected chi connectivity index (χ0v) is 14.6. The van der Waals surface area contributed by atoms with E-state index in [2.05, 4.69) is 27.1 Å². The molecule has 1 amide bonds. The number of aromatic nitrogens is 3. The number of hydrogen-bond donors (Lipinski definition) is 0. The van der Waals surface area contributed by atoms with Crippen LogP contribution in [0.25, 0.3) is 10.6 Å². The molecule has 0 radical (unpaired) electrons. The smallest absolute Gasteiger partial charge is 0.253 e. The zero-order chi connectivity index (χ0) is 16.9. The highest BCUT2D eigenvalue weighted by atomic mass is 32.1. The summed E-state index contributed by atoms with van der Waals surface area (Å²) in [6.45, 7) is 2.54. The van der Waals surface area contributed by atoms with Gasteiger partial charge in [0, 0.05) is 43.0 Å². The highest BCUT2D eigenvalue weighted by Gasteiger charge is 2.47. The molecule has 0 unspecified atom stereocenters. The monoisotopic (exact) mass is 350 g/mol. The fourth-order valence-corrected chi connectivity index (χ4v) is 4.94. The number of pyridine rings is 1. The molecule has 1 fully saturated rings. The summed E-state index contributed by atoms with van der Waals surface area (Å²) in [5.41, 5.74) is 1.94. The molecule has 1 atom stereocenters. The van der Waals surface area contributed by atoms with Crippen molar-refractivity contribution in [3.8, 4) is 10.6 Å². The van der Waals surface area contributed by atoms with E-state index in [4.69, 9.17) is 4.98 Å². The lowest BCUT2D eigenvalue weighted by Crippen LogP contribution is -2.33. The number of hydrogen-bond acceptors (Lipinski definition) is 4. The van der Waals surface area contributed by atoms with Crippen molar-refractivity contribution in [3.63, 3.8) is 0 Å². The first-order chi connectivity index (χ1) is 12.3. The molecule has 3 aromatic heterocycles. The van der Waals surface area contributed by atoms with Crippen LogP contribution in [0.3, 0.4) is 0 Å². The first-order valence-electron chi connectivity index (χ1n) is 8.56. The van der Waals surface area contributed by atoms with Crippen molar-refractivity contribution < 1.29 is 4.79 Å². The van der Waals surface area contributed by atoms with Gasteiger partial charge < -0.3 is 9.47 Å². The number of rotatable bonds is 2. The Morgan fingerprint density at radius 3 is 2.80 bits per heavy atom. The van der Waals surface area contributed by atoms with E-state index in [1.807, 2.05) is 11.1 Å². The van der Waals surface area contributed by atoms with Gasteiger partial charge >= 0.3 is 0 Å². The van der Waals surface area contributed by atoms with Gasteiger partial charge in [0.15, 0.2) is 0 Å². The fraction of sp³-hybridized carbons (Fsp3) is 0.316. The molecule has 1 saturated heterocycles. The Kier molecular flexibility index (Phi) is 3.28. The molecule has 0 saturated carbocycles. The molecule has 1 spiro atoms. The minimum atomic E-state index is 0.0121. The van der Waals surface area contributed by atoms with Crippen LogP contribution in [0.5, 0.6) is 0 Å². The van der Waals surface area contributed by atoms with Gasteiger partial charge in [-0.25, -0.2) is 4.98 Å². The van der Waals surface area contributed by atoms with E-state index in [1.165, 1.54) is 10.6 Å². The molecule has 5 heterocycles. The molecule has 2 aliphatic heterocycles. The van der Waals surface area contributed by atoms with Crippen LogP contribution >= 0.6 is 11.3 Å². The number of likely N-dealkylation sites (tertiary alicyclic amines) is 1. The van der Waals surface area contributed by atoms with Gasteiger partial charge in [-0.05, 0) is 36.4 Å². The summed E-state index contributed by atoms with van der Waals surface area (Å²) in [7, 11) is 0. The summed E-state index contributed by atoms with van der Waals surface area (Å²) in [4.78, 5) is 24.8. The molecule has 3 aromatic rings. The maximum absolute atomic E-state index is 12.8. The molecule has 2 aliphatic rings. The summed E-state index contributed by atoms with van der Waals surface area (Å²) in [6.07, 6.45) is 7.40. The standard InChI is InChI=1S/C19H18N4OS/c24-17(14-3-7-20-8-4-14)22-9-5-19(13-22)6-10-23-15(12-21-18(19)23)16-2-1-11-25-16/h1-4,7-8,11-12H,5-6,9-10,13H2/t19-/m0/s1. The van der Waals surface area contributed by atoms with Gasteiger partial charge in [-0.1, -0.05) is 6.07 Å². The van der Waals surface area contributed by atoms with Gasteiger partial charge in [0.2, 0.25) is 0 Å². The molecule has 5 rings (SSSR count). The van der Waals surface area contributed by atoms with Gasteiger partial charge in [0.25, 0.3) is 5.91 Å². The minimum absolute atomic E-state index is 0.0121. The van der Waals surface area contributed by atoms with Crippen LogP contribution in [0.15, 0.2) is 48.2 Å². The normalized spacial score (nSPS) is 21.8. The van der Waals surface area contributed by atoms with E-state index in [0.717, 1.165) is 38.3 Å². The number of carbonyl (C=O) groups excluding carboxylic acids is 1. The maximum atomic E-state index is 12.8. The SMILES string of the molecule is O=C(c1ccncc1)N1CC[C@]2(CCn3c(-c4cccs4)cnc32)C1. The van der Waals surface area contributed by atoms with Crippen LogP contribution in [0.2, 0.25) is 0 Å². The predicted molar refractivity (Wildman–Crippen MR) is 96.6 cm³/mol. The second-order valence-electron chi connectivity index (χ2n) is 6.84. The van der Waals surface area contributed by atoms with E-state index in [-0.39, 0.29) is 11.3 Å². The minimum Gasteiger partial charge on any atom is -0.338 e. The van der Waals surface area contributed by atoms with Crippen LogP contribution < -0.4 is 0 Å². The van der Waals surface area contributed by atoms with Crippen LogP contribution in [-0.4, -0.2) is 38.4 Å². The molecule has 25 heavy (non-hydrogen) atoms. The molecule has 5 nitrogen and oxygen atoms in total. The Morgan fingerprint density at radius 2 is 2.00 bits per heavy atom. The number of amides is 1. The molecule has 126 valence electrons. The summed E-state index contributed by atoms with van der Waals surface area (Å²) in [6, 6.07) is 7.80. The Hall–Kier alpha value is -2.47. The highest BCUT2D eigenvalue weighted by Crippen LogP contribution is 2.44. The number of thiophene rings is 1. The largest absolute Gasteiger partial charge is 0.338 e. The van der Waals surface area contributed by atoms with Crippen LogP contribution in [0.1, 0.15) is 29.0 Å². The first-order valence-corrected chi connectivity index (χ1v) is 9.44. The number of imidazole rings is 1. The number of carbonyl (C=O) groups is 1. The third-order valence-electron chi connectivity index (χ3n) is 5.49. The zero-order valence-electron chi connectivity index (χ0n) is 13.8. The van der Waals surface area contributed by atoms with Crippen molar-refractivity contribution >= 4 is 17.2 Å². The Morgan fingerprint density at radius 1 is 1.16 bits per heavy atom. The van der Waals surface area contributed by atoms with Crippen LogP contribution in [-0.2, 0) is 12.0 Å². The molecule has 0 aliphatic carbocycles. The summed E-state index contributed by atoms with van der Waals surface area (Å²) < 4.78 is 2.35. The predicted octanol–water partition coefficient (Wildman–Crippen LogP) is 3.19. The average Bonchev–Trinajstić information content (AvgIpc) is 3.42. The van der Waals surface area contributed by atoms with Crippen molar-refractivity contribution in [3.05, 3.63) is 59.6 Å². The Bertz CT molecular complexity index is 918. The van der Waals surface area contributed by atoms with Crippen LogP contribution in [0.4, 0.5) is 0 Å². The Labute approximate surface area is 150 Å². The van der Waals surface area contributed by atoms with Crippen molar-refractivity contribution in [2.75, 3.05) is 13.1 Å². The molecular formula is C19H18N4OS. The Balaban J connectivity index is 1.44. The number of fused-ring (bicyclic) bond motifs is 2. The van der Waals surface area contributed by atoms with Crippen molar-refractivity contribution in [2.45, 2.75) is 24.8 Å². The van der Waals surface area contributed by atoms with E-state index < -0.39 is 0 Å². The topological polar surface area (TPSA) is 51.0 Å². The van der Waals surface area contributed by atoms with Gasteiger partial charge in [0.1, 0.15) is 5.82 Å². The number of nitrogens with zero attached hydrogens (tertiary/aromatic N) is 4. The third-order valence-corrected chi connectivity index (χ3v) is 6.38. The summed E-state index contributed by atoms with van der Waals surface area (Å²) in [5.74, 6) is 1.25. The average molecular weight is 350 g/mol. The lowest BCUT2D eigenvalue weighted by molar-refractivity contribution is 0.0783. The van der Waals surface area contributed by atoms with E-state index in [9.17, 15) is 4.79 Å². The summed E-state index contributed by atoms with van der Waals surface area (Å²) in [5, 5.41) is 2.10. The second kappa shape index (κ2) is 5.52. The lowest BCUT2D eigenvalue weighted by Gasteiger charge is -2.22. The van der Waals surface area contributed by atoms with E-state index in [1.54, 1.807) is 35.9 Å². The van der Waals surface area contributed by atoms with Gasteiger partial charge in [-0.3, -0.25) is 9.78 Å². The third kappa shape index (κ3) is 2.24. The fourth-order valence-electron chi connectivity index (χ4n) is 4.19.